The topological polar surface area (TPSA) is 86.5 Å². The van der Waals surface area contributed by atoms with Gasteiger partial charge in [0, 0.05) is 5.56 Å². The Morgan fingerprint density at radius 1 is 1.10 bits per heavy atom. The second-order valence-corrected chi connectivity index (χ2v) is 7.79. The highest BCUT2D eigenvalue weighted by Gasteiger charge is 2.17. The first-order chi connectivity index (χ1) is 14.0. The summed E-state index contributed by atoms with van der Waals surface area (Å²) in [5, 5.41) is 11.4. The lowest BCUT2D eigenvalue weighted by Crippen LogP contribution is -2.28. The third-order valence-electron chi connectivity index (χ3n) is 4.76. The molecule has 4 rings (SSSR count). The van der Waals surface area contributed by atoms with Gasteiger partial charge >= 0.3 is 0 Å². The zero-order valence-corrected chi connectivity index (χ0v) is 17.2. The molecule has 2 aromatic carbocycles. The quantitative estimate of drug-likeness (QED) is 0.612. The Labute approximate surface area is 172 Å². The molecule has 0 radical (unpaired) electrons. The molecular weight excluding hydrogens is 390 g/mol. The fourth-order valence-corrected chi connectivity index (χ4v) is 3.52. The molecule has 3 aromatic rings. The Balaban J connectivity index is 1.33. The van der Waals surface area contributed by atoms with Crippen molar-refractivity contribution in [3.05, 3.63) is 53.1 Å². The van der Waals surface area contributed by atoms with Crippen molar-refractivity contribution in [1.82, 2.24) is 15.5 Å². The molecule has 1 aliphatic heterocycles. The van der Waals surface area contributed by atoms with E-state index in [1.807, 2.05) is 19.1 Å². The fraction of sp³-hybridized carbons (Fsp3) is 0.286. The number of amides is 1. The van der Waals surface area contributed by atoms with Gasteiger partial charge < -0.3 is 19.2 Å². The molecule has 8 heteroatoms. The van der Waals surface area contributed by atoms with Gasteiger partial charge in [0.25, 0.3) is 5.22 Å². The third-order valence-corrected chi connectivity index (χ3v) is 5.58. The minimum atomic E-state index is -0.0939. The van der Waals surface area contributed by atoms with E-state index in [4.69, 9.17) is 13.9 Å². The molecule has 150 valence electrons. The number of rotatable bonds is 6. The van der Waals surface area contributed by atoms with E-state index in [1.54, 1.807) is 12.1 Å². The van der Waals surface area contributed by atoms with Crippen LogP contribution in [0.3, 0.4) is 0 Å². The van der Waals surface area contributed by atoms with E-state index in [-0.39, 0.29) is 24.5 Å². The van der Waals surface area contributed by atoms with Gasteiger partial charge in [-0.25, -0.2) is 0 Å². The zero-order chi connectivity index (χ0) is 20.4. The standard InChI is InChI=1S/C21H21N3O4S/c1-12-4-5-15(8-13(12)2)14(3)22-19(25)10-29-21-24-23-20(28-21)16-6-7-17-18(9-16)27-11-26-17/h4-9,14H,10-11H2,1-3H3,(H,22,25)/t14-/m1/s1. The highest BCUT2D eigenvalue weighted by molar-refractivity contribution is 7.99. The van der Waals surface area contributed by atoms with Gasteiger partial charge in [-0.15, -0.1) is 10.2 Å². The van der Waals surface area contributed by atoms with Crippen molar-refractivity contribution in [2.24, 2.45) is 0 Å². The van der Waals surface area contributed by atoms with E-state index in [9.17, 15) is 4.79 Å². The predicted molar refractivity (Wildman–Crippen MR) is 109 cm³/mol. The van der Waals surface area contributed by atoms with Crippen molar-refractivity contribution in [2.75, 3.05) is 12.5 Å². The van der Waals surface area contributed by atoms with Gasteiger partial charge in [0.15, 0.2) is 11.5 Å². The molecule has 1 atom stereocenters. The summed E-state index contributed by atoms with van der Waals surface area (Å²) in [4.78, 5) is 12.3. The Hall–Kier alpha value is -3.00. The lowest BCUT2D eigenvalue weighted by Gasteiger charge is -2.15. The highest BCUT2D eigenvalue weighted by atomic mass is 32.2. The maximum Gasteiger partial charge on any atom is 0.277 e. The van der Waals surface area contributed by atoms with Gasteiger partial charge in [-0.3, -0.25) is 4.79 Å². The molecule has 1 N–H and O–H groups in total. The summed E-state index contributed by atoms with van der Waals surface area (Å²) < 4.78 is 16.3. The molecule has 0 fully saturated rings. The summed E-state index contributed by atoms with van der Waals surface area (Å²) in [6.07, 6.45) is 0. The van der Waals surface area contributed by atoms with Gasteiger partial charge in [-0.2, -0.15) is 0 Å². The number of carbonyl (C=O) groups excluding carboxylic acids is 1. The fourth-order valence-electron chi connectivity index (χ4n) is 2.94. The van der Waals surface area contributed by atoms with Gasteiger partial charge in [-0.1, -0.05) is 30.0 Å². The number of benzene rings is 2. The van der Waals surface area contributed by atoms with Crippen LogP contribution >= 0.6 is 11.8 Å². The van der Waals surface area contributed by atoms with Crippen LogP contribution in [0, 0.1) is 13.8 Å². The normalized spacial score (nSPS) is 13.3. The molecule has 1 amide bonds. The Morgan fingerprint density at radius 3 is 2.76 bits per heavy atom. The van der Waals surface area contributed by atoms with Crippen molar-refractivity contribution in [1.29, 1.82) is 0 Å². The molecule has 0 saturated heterocycles. The van der Waals surface area contributed by atoms with Crippen molar-refractivity contribution >= 4 is 17.7 Å². The number of nitrogens with zero attached hydrogens (tertiary/aromatic N) is 2. The summed E-state index contributed by atoms with van der Waals surface area (Å²) >= 11 is 1.20. The van der Waals surface area contributed by atoms with E-state index in [2.05, 4.69) is 41.5 Å². The van der Waals surface area contributed by atoms with E-state index in [1.165, 1.54) is 22.9 Å². The number of hydrogen-bond donors (Lipinski definition) is 1. The van der Waals surface area contributed by atoms with Crippen molar-refractivity contribution in [2.45, 2.75) is 32.0 Å². The summed E-state index contributed by atoms with van der Waals surface area (Å²) in [5.74, 6) is 1.81. The summed E-state index contributed by atoms with van der Waals surface area (Å²) in [6.45, 7) is 6.31. The monoisotopic (exact) mass is 411 g/mol. The maximum absolute atomic E-state index is 12.3. The van der Waals surface area contributed by atoms with Crippen LogP contribution in [0.5, 0.6) is 11.5 Å². The average molecular weight is 411 g/mol. The largest absolute Gasteiger partial charge is 0.454 e. The van der Waals surface area contributed by atoms with Crippen LogP contribution in [0.15, 0.2) is 46.0 Å². The number of aryl methyl sites for hydroxylation is 2. The molecule has 1 aromatic heterocycles. The minimum Gasteiger partial charge on any atom is -0.454 e. The van der Waals surface area contributed by atoms with Crippen LogP contribution in [-0.4, -0.2) is 28.7 Å². The summed E-state index contributed by atoms with van der Waals surface area (Å²) in [5.41, 5.74) is 4.26. The van der Waals surface area contributed by atoms with Crippen LogP contribution in [0.1, 0.15) is 29.7 Å². The number of hydrogen-bond acceptors (Lipinski definition) is 7. The number of nitrogens with one attached hydrogen (secondary N) is 1. The molecule has 0 spiro atoms. The Morgan fingerprint density at radius 2 is 1.93 bits per heavy atom. The number of aromatic nitrogens is 2. The van der Waals surface area contributed by atoms with Gasteiger partial charge in [0.05, 0.1) is 11.8 Å². The minimum absolute atomic E-state index is 0.0747. The van der Waals surface area contributed by atoms with Crippen LogP contribution in [0.4, 0.5) is 0 Å². The van der Waals surface area contributed by atoms with Crippen molar-refractivity contribution in [3.63, 3.8) is 0 Å². The van der Waals surface area contributed by atoms with Crippen LogP contribution in [0.25, 0.3) is 11.5 Å². The molecule has 0 bridgehead atoms. The lowest BCUT2D eigenvalue weighted by molar-refractivity contribution is -0.119. The lowest BCUT2D eigenvalue weighted by atomic mass is 10.0. The first-order valence-electron chi connectivity index (χ1n) is 9.22. The van der Waals surface area contributed by atoms with Crippen molar-refractivity contribution in [3.8, 4) is 23.0 Å². The highest BCUT2D eigenvalue weighted by Crippen LogP contribution is 2.36. The van der Waals surface area contributed by atoms with Crippen LogP contribution in [-0.2, 0) is 4.79 Å². The number of thioether (sulfide) groups is 1. The summed E-state index contributed by atoms with van der Waals surface area (Å²) in [7, 11) is 0. The molecule has 1 aliphatic rings. The van der Waals surface area contributed by atoms with E-state index in [0.717, 1.165) is 11.1 Å². The van der Waals surface area contributed by atoms with Gasteiger partial charge in [0.2, 0.25) is 18.6 Å². The molecule has 2 heterocycles. The van der Waals surface area contributed by atoms with Gasteiger partial charge in [-0.05, 0) is 55.7 Å². The first-order valence-corrected chi connectivity index (χ1v) is 10.2. The zero-order valence-electron chi connectivity index (χ0n) is 16.4. The third kappa shape index (κ3) is 4.37. The molecule has 29 heavy (non-hydrogen) atoms. The Kier molecular flexibility index (Phi) is 5.44. The molecule has 0 saturated carbocycles. The Bertz CT molecular complexity index is 1050. The summed E-state index contributed by atoms with van der Waals surface area (Å²) in [6, 6.07) is 11.6. The molecule has 7 nitrogen and oxygen atoms in total. The number of carbonyl (C=O) groups is 1. The first kappa shape index (κ1) is 19.3. The van der Waals surface area contributed by atoms with Gasteiger partial charge in [0.1, 0.15) is 0 Å². The SMILES string of the molecule is Cc1ccc([C@@H](C)NC(=O)CSc2nnc(-c3ccc4c(c3)OCO4)o2)cc1C. The van der Waals surface area contributed by atoms with E-state index >= 15 is 0 Å². The second-order valence-electron chi connectivity index (χ2n) is 6.86. The average Bonchev–Trinajstić information content (AvgIpc) is 3.37. The number of ether oxygens (including phenoxy) is 2. The second kappa shape index (κ2) is 8.16. The smallest absolute Gasteiger partial charge is 0.277 e. The van der Waals surface area contributed by atoms with E-state index in [0.29, 0.717) is 22.6 Å². The maximum atomic E-state index is 12.3. The van der Waals surface area contributed by atoms with Crippen molar-refractivity contribution < 1.29 is 18.7 Å². The van der Waals surface area contributed by atoms with Crippen LogP contribution in [0.2, 0.25) is 0 Å². The molecule has 0 aliphatic carbocycles. The molecule has 0 unspecified atom stereocenters. The predicted octanol–water partition coefficient (Wildman–Crippen LogP) is 4.05. The number of fused-ring (bicyclic) bond motifs is 1. The van der Waals surface area contributed by atoms with Crippen LogP contribution < -0.4 is 14.8 Å². The van der Waals surface area contributed by atoms with E-state index < -0.39 is 0 Å². The molecular formula is C21H21N3O4S.